The van der Waals surface area contributed by atoms with Gasteiger partial charge in [-0.25, -0.2) is 4.79 Å². The third kappa shape index (κ3) is 5.00. The molecule has 6 rings (SSSR count). The van der Waals surface area contributed by atoms with Crippen LogP contribution in [-0.4, -0.2) is 52.6 Å². The van der Waals surface area contributed by atoms with Gasteiger partial charge in [0, 0.05) is 34.7 Å². The van der Waals surface area contributed by atoms with E-state index < -0.39 is 29.9 Å². The van der Waals surface area contributed by atoms with Gasteiger partial charge in [0.25, 0.3) is 0 Å². The fraction of sp³-hybridized carbons (Fsp3) is 0.387. The van der Waals surface area contributed by atoms with Crippen molar-refractivity contribution in [2.45, 2.75) is 36.2 Å². The molecule has 0 radical (unpaired) electrons. The summed E-state index contributed by atoms with van der Waals surface area (Å²) in [6.07, 6.45) is -4.35. The molecule has 0 N–H and O–H groups in total. The highest BCUT2D eigenvalue weighted by atomic mass is 32.2. The fourth-order valence-corrected chi connectivity index (χ4v) is 7.18. The molecule has 0 saturated heterocycles. The molecule has 3 aromatic rings. The molecule has 0 spiro atoms. The Hall–Kier alpha value is -3.77. The van der Waals surface area contributed by atoms with Gasteiger partial charge < -0.3 is 28.4 Å². The minimum atomic E-state index is -4.37. The van der Waals surface area contributed by atoms with Crippen LogP contribution in [0.1, 0.15) is 55.9 Å². The number of hydrogen-bond donors (Lipinski definition) is 0. The first-order chi connectivity index (χ1) is 20.7. The van der Waals surface area contributed by atoms with Crippen molar-refractivity contribution < 1.29 is 46.4 Å². The predicted molar refractivity (Wildman–Crippen MR) is 152 cm³/mol. The summed E-state index contributed by atoms with van der Waals surface area (Å²) in [5, 5.41) is 0. The summed E-state index contributed by atoms with van der Waals surface area (Å²) in [7, 11) is 6.55. The van der Waals surface area contributed by atoms with Crippen LogP contribution in [-0.2, 0) is 28.8 Å². The van der Waals surface area contributed by atoms with Crippen molar-refractivity contribution in [3.05, 3.63) is 75.3 Å². The number of carbonyl (C=O) groups excluding carboxylic acids is 1. The van der Waals surface area contributed by atoms with Gasteiger partial charge in [-0.3, -0.25) is 4.90 Å². The van der Waals surface area contributed by atoms with Gasteiger partial charge in [-0.1, -0.05) is 18.2 Å². The van der Waals surface area contributed by atoms with E-state index in [1.54, 1.807) is 24.9 Å². The van der Waals surface area contributed by atoms with Crippen LogP contribution < -0.4 is 23.7 Å². The second kappa shape index (κ2) is 11.4. The van der Waals surface area contributed by atoms with E-state index in [1.165, 1.54) is 26.4 Å². The van der Waals surface area contributed by atoms with Crippen molar-refractivity contribution in [2.75, 3.05) is 41.7 Å². The van der Waals surface area contributed by atoms with Gasteiger partial charge in [0.1, 0.15) is 11.7 Å². The monoisotopic (exact) mass is 617 g/mol. The summed E-state index contributed by atoms with van der Waals surface area (Å²) < 4.78 is 73.8. The average molecular weight is 618 g/mol. The molecule has 3 aromatic carbocycles. The molecule has 3 aliphatic heterocycles. The molecule has 8 nitrogen and oxygen atoms in total. The summed E-state index contributed by atoms with van der Waals surface area (Å²) in [6, 6.07) is 8.39. The van der Waals surface area contributed by atoms with E-state index in [4.69, 9.17) is 28.4 Å². The predicted octanol–water partition coefficient (Wildman–Crippen LogP) is 6.33. The van der Waals surface area contributed by atoms with Crippen LogP contribution >= 0.6 is 11.8 Å². The lowest BCUT2D eigenvalue weighted by Crippen LogP contribution is -2.37. The average Bonchev–Trinajstić information content (AvgIpc) is 3.61. The smallest absolute Gasteiger partial charge is 0.416 e. The topological polar surface area (TPSA) is 75.7 Å². The minimum Gasteiger partial charge on any atom is -0.493 e. The van der Waals surface area contributed by atoms with Crippen LogP contribution in [0.3, 0.4) is 0 Å². The van der Waals surface area contributed by atoms with E-state index in [0.717, 1.165) is 34.4 Å². The maximum atomic E-state index is 13.2. The SMILES string of the molecule is COc1ccc2c(c1OC)C(=O)O[C@@H]2[C@H]1c2c(c(CSCc3ccc(C(F)(F)F)cc3)c3c(c2OC)OCO3)CCN1C. The van der Waals surface area contributed by atoms with Crippen LogP contribution in [0.15, 0.2) is 36.4 Å². The number of rotatable bonds is 8. The zero-order chi connectivity index (χ0) is 30.5. The fourth-order valence-electron chi connectivity index (χ4n) is 6.14. The van der Waals surface area contributed by atoms with E-state index in [2.05, 4.69) is 4.90 Å². The maximum Gasteiger partial charge on any atom is 0.416 e. The highest BCUT2D eigenvalue weighted by molar-refractivity contribution is 7.97. The molecule has 2 atom stereocenters. The normalized spacial score (nSPS) is 19.1. The Morgan fingerprint density at radius 3 is 2.35 bits per heavy atom. The standard InChI is InChI=1S/C31H30F3NO7S/c1-35-12-11-18-20(14-43-13-16-5-7-17(8-6-16)31(32,33)34)26-29(41-15-40-26)28(39-4)22(18)24(35)25-19-9-10-21(37-2)27(38-3)23(19)30(36)42-25/h5-10,24-25H,11-15H2,1-4H3/t24-,25+/m1/s1. The first-order valence-electron chi connectivity index (χ1n) is 13.6. The molecular weight excluding hydrogens is 587 g/mol. The summed E-state index contributed by atoms with van der Waals surface area (Å²) in [5.74, 6) is 2.92. The number of carbonyl (C=O) groups is 1. The highest BCUT2D eigenvalue weighted by Crippen LogP contribution is 2.57. The number of halogens is 3. The number of alkyl halides is 3. The summed E-state index contributed by atoms with van der Waals surface area (Å²) in [6.45, 7) is 0.706. The molecule has 43 heavy (non-hydrogen) atoms. The molecule has 228 valence electrons. The number of fused-ring (bicyclic) bond motifs is 3. The number of esters is 1. The van der Waals surface area contributed by atoms with Crippen LogP contribution in [0, 0.1) is 0 Å². The summed E-state index contributed by atoms with van der Waals surface area (Å²) in [5.41, 5.74) is 3.94. The Morgan fingerprint density at radius 2 is 1.67 bits per heavy atom. The Bertz CT molecular complexity index is 1560. The van der Waals surface area contributed by atoms with E-state index in [-0.39, 0.29) is 6.79 Å². The van der Waals surface area contributed by atoms with Gasteiger partial charge in [0.05, 0.1) is 32.9 Å². The highest BCUT2D eigenvalue weighted by Gasteiger charge is 2.47. The minimum absolute atomic E-state index is 0.0317. The lowest BCUT2D eigenvalue weighted by molar-refractivity contribution is -0.137. The van der Waals surface area contributed by atoms with Gasteiger partial charge >= 0.3 is 12.1 Å². The lowest BCUT2D eigenvalue weighted by atomic mass is 9.83. The summed E-state index contributed by atoms with van der Waals surface area (Å²) >= 11 is 1.57. The van der Waals surface area contributed by atoms with Crippen molar-refractivity contribution in [3.63, 3.8) is 0 Å². The van der Waals surface area contributed by atoms with E-state index in [0.29, 0.717) is 64.3 Å². The molecule has 0 fully saturated rings. The molecule has 0 aliphatic carbocycles. The molecule has 0 amide bonds. The molecule has 12 heteroatoms. The Morgan fingerprint density at radius 1 is 0.953 bits per heavy atom. The van der Waals surface area contributed by atoms with Gasteiger partial charge in [0.15, 0.2) is 23.0 Å². The quantitative estimate of drug-likeness (QED) is 0.270. The third-order valence-corrected chi connectivity index (χ3v) is 9.15. The zero-order valence-electron chi connectivity index (χ0n) is 24.0. The van der Waals surface area contributed by atoms with Crippen LogP contribution in [0.25, 0.3) is 0 Å². The molecule has 3 aliphatic rings. The summed E-state index contributed by atoms with van der Waals surface area (Å²) in [4.78, 5) is 15.4. The van der Waals surface area contributed by atoms with Crippen LogP contribution in [0.4, 0.5) is 13.2 Å². The van der Waals surface area contributed by atoms with Crippen molar-refractivity contribution in [2.24, 2.45) is 0 Å². The van der Waals surface area contributed by atoms with Gasteiger partial charge in [-0.15, -0.1) is 0 Å². The van der Waals surface area contributed by atoms with Crippen molar-refractivity contribution in [3.8, 4) is 28.7 Å². The number of thioether (sulfide) groups is 1. The molecule has 3 heterocycles. The Kier molecular flexibility index (Phi) is 7.76. The number of ether oxygens (including phenoxy) is 6. The molecule has 0 bridgehead atoms. The number of methoxy groups -OCH3 is 3. The molecule has 0 aromatic heterocycles. The van der Waals surface area contributed by atoms with E-state index >= 15 is 0 Å². The van der Waals surface area contributed by atoms with E-state index in [9.17, 15) is 18.0 Å². The van der Waals surface area contributed by atoms with Gasteiger partial charge in [-0.05, 0) is 42.8 Å². The molecule has 0 saturated carbocycles. The third-order valence-electron chi connectivity index (χ3n) is 8.12. The van der Waals surface area contributed by atoms with Crippen LogP contribution in [0.2, 0.25) is 0 Å². The molecular formula is C31H30F3NO7S. The lowest BCUT2D eigenvalue weighted by Gasteiger charge is -2.39. The maximum absolute atomic E-state index is 13.2. The second-order valence-electron chi connectivity index (χ2n) is 10.4. The number of likely N-dealkylation sites (N-methyl/N-ethyl adjacent to an activating group) is 1. The first kappa shape index (κ1) is 29.3. The Labute approximate surface area is 250 Å². The first-order valence-corrected chi connectivity index (χ1v) is 14.7. The largest absolute Gasteiger partial charge is 0.493 e. The van der Waals surface area contributed by atoms with Crippen molar-refractivity contribution >= 4 is 17.7 Å². The number of hydrogen-bond acceptors (Lipinski definition) is 9. The Balaban J connectivity index is 1.38. The number of benzene rings is 3. The second-order valence-corrected chi connectivity index (χ2v) is 11.4. The zero-order valence-corrected chi connectivity index (χ0v) is 24.8. The number of cyclic esters (lactones) is 1. The molecule has 0 unspecified atom stereocenters. The van der Waals surface area contributed by atoms with Crippen molar-refractivity contribution in [1.82, 2.24) is 4.90 Å². The van der Waals surface area contributed by atoms with Crippen molar-refractivity contribution in [1.29, 1.82) is 0 Å². The van der Waals surface area contributed by atoms with Crippen LogP contribution in [0.5, 0.6) is 28.7 Å². The number of nitrogens with zero attached hydrogens (tertiary/aromatic N) is 1. The van der Waals surface area contributed by atoms with Gasteiger partial charge in [-0.2, -0.15) is 24.9 Å². The van der Waals surface area contributed by atoms with E-state index in [1.807, 2.05) is 13.1 Å². The van der Waals surface area contributed by atoms with Gasteiger partial charge in [0.2, 0.25) is 12.5 Å².